The standard InChI is InChI=1S/C17H37NO3/c1-2-3-4-5-6-7-8-9-10-16(21)15-17(18,11-13-19)12-14-20/h16,19-21H,2-15,18H2,1H3. The first-order chi connectivity index (χ1) is 10.1. The van der Waals surface area contributed by atoms with E-state index in [1.54, 1.807) is 0 Å². The average molecular weight is 303 g/mol. The predicted molar refractivity (Wildman–Crippen MR) is 88.2 cm³/mol. The molecule has 4 heteroatoms. The molecule has 0 aliphatic carbocycles. The van der Waals surface area contributed by atoms with Crippen molar-refractivity contribution < 1.29 is 15.3 Å². The summed E-state index contributed by atoms with van der Waals surface area (Å²) in [6, 6.07) is 0. The first kappa shape index (κ1) is 20.8. The van der Waals surface area contributed by atoms with Crippen molar-refractivity contribution in [1.29, 1.82) is 0 Å². The zero-order valence-electron chi connectivity index (χ0n) is 13.9. The van der Waals surface area contributed by atoms with E-state index in [1.165, 1.54) is 44.9 Å². The number of rotatable bonds is 15. The topological polar surface area (TPSA) is 86.7 Å². The molecule has 0 fully saturated rings. The molecule has 0 heterocycles. The summed E-state index contributed by atoms with van der Waals surface area (Å²) in [6.07, 6.45) is 11.7. The average Bonchev–Trinajstić information content (AvgIpc) is 2.42. The van der Waals surface area contributed by atoms with E-state index in [9.17, 15) is 5.11 Å². The number of aliphatic hydroxyl groups excluding tert-OH is 3. The lowest BCUT2D eigenvalue weighted by Gasteiger charge is -2.30. The van der Waals surface area contributed by atoms with Crippen molar-refractivity contribution in [2.24, 2.45) is 5.73 Å². The third-order valence-corrected chi connectivity index (χ3v) is 4.25. The normalized spacial score (nSPS) is 13.6. The van der Waals surface area contributed by atoms with Crippen LogP contribution in [0.3, 0.4) is 0 Å². The van der Waals surface area contributed by atoms with Crippen LogP contribution in [0.25, 0.3) is 0 Å². The summed E-state index contributed by atoms with van der Waals surface area (Å²) < 4.78 is 0. The number of hydrogen-bond donors (Lipinski definition) is 4. The van der Waals surface area contributed by atoms with E-state index in [1.807, 2.05) is 0 Å². The van der Waals surface area contributed by atoms with Gasteiger partial charge in [-0.15, -0.1) is 0 Å². The van der Waals surface area contributed by atoms with Crippen LogP contribution in [0.5, 0.6) is 0 Å². The number of nitrogens with two attached hydrogens (primary N) is 1. The molecule has 0 rings (SSSR count). The van der Waals surface area contributed by atoms with Gasteiger partial charge >= 0.3 is 0 Å². The van der Waals surface area contributed by atoms with Gasteiger partial charge in [0.25, 0.3) is 0 Å². The molecule has 0 radical (unpaired) electrons. The van der Waals surface area contributed by atoms with Crippen molar-refractivity contribution in [1.82, 2.24) is 0 Å². The van der Waals surface area contributed by atoms with E-state index in [-0.39, 0.29) is 13.2 Å². The van der Waals surface area contributed by atoms with Crippen molar-refractivity contribution in [2.75, 3.05) is 13.2 Å². The minimum atomic E-state index is -0.636. The van der Waals surface area contributed by atoms with Gasteiger partial charge in [0.15, 0.2) is 0 Å². The van der Waals surface area contributed by atoms with Crippen LogP contribution in [0.4, 0.5) is 0 Å². The molecule has 0 bridgehead atoms. The van der Waals surface area contributed by atoms with Crippen LogP contribution in [-0.2, 0) is 0 Å². The molecule has 21 heavy (non-hydrogen) atoms. The second-order valence-corrected chi connectivity index (χ2v) is 6.43. The van der Waals surface area contributed by atoms with Crippen LogP contribution in [-0.4, -0.2) is 40.2 Å². The molecule has 128 valence electrons. The third kappa shape index (κ3) is 12.1. The summed E-state index contributed by atoms with van der Waals surface area (Å²) in [7, 11) is 0. The van der Waals surface area contributed by atoms with Gasteiger partial charge in [-0.2, -0.15) is 0 Å². The van der Waals surface area contributed by atoms with Gasteiger partial charge in [-0.3, -0.25) is 0 Å². The molecule has 1 atom stereocenters. The van der Waals surface area contributed by atoms with Gasteiger partial charge in [-0.25, -0.2) is 0 Å². The summed E-state index contributed by atoms with van der Waals surface area (Å²) >= 11 is 0. The molecule has 5 N–H and O–H groups in total. The molecular weight excluding hydrogens is 266 g/mol. The Bertz CT molecular complexity index is 218. The van der Waals surface area contributed by atoms with Crippen molar-refractivity contribution in [3.8, 4) is 0 Å². The highest BCUT2D eigenvalue weighted by Gasteiger charge is 2.26. The highest BCUT2D eigenvalue weighted by atomic mass is 16.3. The Morgan fingerprint density at radius 1 is 0.857 bits per heavy atom. The molecule has 0 saturated carbocycles. The molecule has 0 aromatic rings. The van der Waals surface area contributed by atoms with Crippen LogP contribution in [0.2, 0.25) is 0 Å². The van der Waals surface area contributed by atoms with E-state index in [0.717, 1.165) is 12.8 Å². The predicted octanol–water partition coefficient (Wildman–Crippen LogP) is 2.73. The Balaban J connectivity index is 3.66. The maximum atomic E-state index is 10.1. The van der Waals surface area contributed by atoms with Crippen molar-refractivity contribution in [2.45, 2.75) is 95.6 Å². The monoisotopic (exact) mass is 303 g/mol. The molecule has 1 unspecified atom stereocenters. The lowest BCUT2D eigenvalue weighted by atomic mass is 9.85. The Kier molecular flexibility index (Phi) is 13.4. The smallest absolute Gasteiger partial charge is 0.0557 e. The lowest BCUT2D eigenvalue weighted by molar-refractivity contribution is 0.0952. The van der Waals surface area contributed by atoms with Gasteiger partial charge in [-0.05, 0) is 25.7 Å². The molecule has 4 nitrogen and oxygen atoms in total. The van der Waals surface area contributed by atoms with Gasteiger partial charge in [0.1, 0.15) is 0 Å². The molecule has 0 aromatic carbocycles. The molecule has 0 spiro atoms. The zero-order valence-corrected chi connectivity index (χ0v) is 13.9. The quantitative estimate of drug-likeness (QED) is 0.350. The van der Waals surface area contributed by atoms with Crippen LogP contribution >= 0.6 is 0 Å². The van der Waals surface area contributed by atoms with E-state index in [4.69, 9.17) is 15.9 Å². The van der Waals surface area contributed by atoms with Crippen LogP contribution in [0.1, 0.15) is 84.0 Å². The van der Waals surface area contributed by atoms with Gasteiger partial charge in [0.2, 0.25) is 0 Å². The Hall–Kier alpha value is -0.160. The van der Waals surface area contributed by atoms with Gasteiger partial charge in [0, 0.05) is 18.8 Å². The van der Waals surface area contributed by atoms with E-state index < -0.39 is 11.6 Å². The largest absolute Gasteiger partial charge is 0.396 e. The molecule has 0 saturated heterocycles. The molecule has 0 aromatic heterocycles. The van der Waals surface area contributed by atoms with E-state index >= 15 is 0 Å². The van der Waals surface area contributed by atoms with Crippen LogP contribution in [0.15, 0.2) is 0 Å². The first-order valence-corrected chi connectivity index (χ1v) is 8.76. The molecule has 0 amide bonds. The minimum Gasteiger partial charge on any atom is -0.396 e. The third-order valence-electron chi connectivity index (χ3n) is 4.25. The molecule has 0 aliphatic rings. The maximum absolute atomic E-state index is 10.1. The zero-order chi connectivity index (χ0) is 16.0. The fourth-order valence-corrected chi connectivity index (χ4v) is 2.86. The number of unbranched alkanes of at least 4 members (excludes halogenated alkanes) is 7. The highest BCUT2D eigenvalue weighted by molar-refractivity contribution is 4.86. The minimum absolute atomic E-state index is 0.000972. The van der Waals surface area contributed by atoms with E-state index in [2.05, 4.69) is 6.92 Å². The summed E-state index contributed by atoms with van der Waals surface area (Å²) in [5.74, 6) is 0. The highest BCUT2D eigenvalue weighted by Crippen LogP contribution is 2.21. The van der Waals surface area contributed by atoms with E-state index in [0.29, 0.717) is 19.3 Å². The summed E-state index contributed by atoms with van der Waals surface area (Å²) in [5.41, 5.74) is 5.50. The number of aliphatic hydroxyl groups is 3. The maximum Gasteiger partial charge on any atom is 0.0557 e. The second kappa shape index (κ2) is 13.5. The first-order valence-electron chi connectivity index (χ1n) is 8.76. The number of hydrogen-bond acceptors (Lipinski definition) is 4. The fraction of sp³-hybridized carbons (Fsp3) is 1.00. The van der Waals surface area contributed by atoms with Crippen molar-refractivity contribution >= 4 is 0 Å². The Labute approximate surface area is 130 Å². The SMILES string of the molecule is CCCCCCCCCCC(O)CC(N)(CCO)CCO. The summed E-state index contributed by atoms with van der Waals surface area (Å²) in [6.45, 7) is 2.23. The van der Waals surface area contributed by atoms with Crippen molar-refractivity contribution in [3.05, 3.63) is 0 Å². The van der Waals surface area contributed by atoms with Crippen molar-refractivity contribution in [3.63, 3.8) is 0 Å². The lowest BCUT2D eigenvalue weighted by Crippen LogP contribution is -2.44. The second-order valence-electron chi connectivity index (χ2n) is 6.43. The molecular formula is C17H37NO3. The Morgan fingerprint density at radius 2 is 1.33 bits per heavy atom. The summed E-state index contributed by atoms with van der Waals surface area (Å²) in [5, 5.41) is 28.1. The fourth-order valence-electron chi connectivity index (χ4n) is 2.86. The van der Waals surface area contributed by atoms with Crippen LogP contribution in [0, 0.1) is 0 Å². The van der Waals surface area contributed by atoms with Crippen LogP contribution < -0.4 is 5.73 Å². The van der Waals surface area contributed by atoms with Gasteiger partial charge in [-0.1, -0.05) is 58.3 Å². The van der Waals surface area contributed by atoms with Gasteiger partial charge in [0.05, 0.1) is 6.10 Å². The van der Waals surface area contributed by atoms with Gasteiger partial charge < -0.3 is 21.1 Å². The Morgan fingerprint density at radius 3 is 1.81 bits per heavy atom. The molecule has 0 aliphatic heterocycles. The summed E-state index contributed by atoms with van der Waals surface area (Å²) in [4.78, 5) is 0.